The van der Waals surface area contributed by atoms with E-state index in [4.69, 9.17) is 0 Å². The summed E-state index contributed by atoms with van der Waals surface area (Å²) in [5.74, 6) is 0. The zero-order valence-electron chi connectivity index (χ0n) is 4.40. The van der Waals surface area contributed by atoms with E-state index in [1.165, 1.54) is 12.6 Å². The molecular formula is C4H10BW. The van der Waals surface area contributed by atoms with E-state index >= 15 is 0 Å². The van der Waals surface area contributed by atoms with E-state index in [2.05, 4.69) is 21.1 Å². The summed E-state index contributed by atoms with van der Waals surface area (Å²) in [4.78, 5) is 0. The normalized spacial score (nSPS) is 6.33. The Morgan fingerprint density at radius 2 is 1.50 bits per heavy atom. The molecule has 0 saturated carbocycles. The first kappa shape index (κ1) is 9.89. The third-order valence-corrected chi connectivity index (χ3v) is 0.577. The van der Waals surface area contributed by atoms with Crippen LogP contribution >= 0.6 is 0 Å². The average Bonchev–Trinajstić information content (AvgIpc) is 1.41. The predicted molar refractivity (Wildman–Crippen MR) is 26.7 cm³/mol. The van der Waals surface area contributed by atoms with Crippen LogP contribution in [0.5, 0.6) is 0 Å². The van der Waals surface area contributed by atoms with E-state index in [-0.39, 0.29) is 21.1 Å². The van der Waals surface area contributed by atoms with Crippen molar-refractivity contribution < 1.29 is 21.1 Å². The van der Waals surface area contributed by atoms with Crippen LogP contribution in [-0.2, 0) is 21.1 Å². The molecule has 0 heterocycles. The maximum absolute atomic E-state index is 2.25. The summed E-state index contributed by atoms with van der Waals surface area (Å²) in [6.07, 6.45) is 2.44. The van der Waals surface area contributed by atoms with E-state index in [1.54, 1.807) is 0 Å². The summed E-state index contributed by atoms with van der Waals surface area (Å²) in [6.45, 7) is 4.31. The molecule has 0 N–H and O–H groups in total. The fraction of sp³-hybridized carbons (Fsp3) is 1.00. The summed E-state index contributed by atoms with van der Waals surface area (Å²) in [5, 5.41) is 0. The van der Waals surface area contributed by atoms with Gasteiger partial charge in [-0.3, -0.25) is 0 Å². The Labute approximate surface area is 55.2 Å². The minimum Gasteiger partial charge on any atom is -0.0831 e. The van der Waals surface area contributed by atoms with Crippen molar-refractivity contribution in [1.82, 2.24) is 0 Å². The molecule has 0 nitrogen and oxygen atoms in total. The SMILES string of the molecule is CC[B]CC.[W]. The third-order valence-electron chi connectivity index (χ3n) is 0.577. The maximum atomic E-state index is 2.25. The van der Waals surface area contributed by atoms with Crippen LogP contribution in [0.2, 0.25) is 12.6 Å². The van der Waals surface area contributed by atoms with Gasteiger partial charge < -0.3 is 0 Å². The second kappa shape index (κ2) is 9.23. The molecule has 0 aliphatic carbocycles. The van der Waals surface area contributed by atoms with Gasteiger partial charge >= 0.3 is 0 Å². The summed E-state index contributed by atoms with van der Waals surface area (Å²) in [5.41, 5.74) is 0. The van der Waals surface area contributed by atoms with Gasteiger partial charge in [-0.2, -0.15) is 0 Å². The van der Waals surface area contributed by atoms with Crippen molar-refractivity contribution in [3.8, 4) is 0 Å². The molecule has 0 fully saturated rings. The molecule has 0 aliphatic rings. The van der Waals surface area contributed by atoms with Crippen molar-refractivity contribution in [3.05, 3.63) is 0 Å². The Morgan fingerprint density at radius 3 is 1.50 bits per heavy atom. The van der Waals surface area contributed by atoms with Crippen molar-refractivity contribution in [2.45, 2.75) is 26.5 Å². The van der Waals surface area contributed by atoms with Gasteiger partial charge in [0, 0.05) is 21.1 Å². The van der Waals surface area contributed by atoms with Gasteiger partial charge in [0.25, 0.3) is 0 Å². The van der Waals surface area contributed by atoms with Crippen molar-refractivity contribution in [2.75, 3.05) is 0 Å². The van der Waals surface area contributed by atoms with Crippen LogP contribution in [-0.4, -0.2) is 7.28 Å². The zero-order chi connectivity index (χ0) is 4.12. The van der Waals surface area contributed by atoms with Crippen molar-refractivity contribution in [1.29, 1.82) is 0 Å². The maximum Gasteiger partial charge on any atom is 0.108 e. The van der Waals surface area contributed by atoms with Gasteiger partial charge in [-0.15, -0.1) is 0 Å². The molecule has 0 aromatic carbocycles. The Hall–Kier alpha value is 0.753. The van der Waals surface area contributed by atoms with Gasteiger partial charge in [0.1, 0.15) is 7.28 Å². The van der Waals surface area contributed by atoms with Gasteiger partial charge in [-0.1, -0.05) is 26.5 Å². The standard InChI is InChI=1S/C4H10B.W/c1-3-5-4-2;/h3-4H2,1-2H3;. The van der Waals surface area contributed by atoms with E-state index in [1.807, 2.05) is 0 Å². The summed E-state index contributed by atoms with van der Waals surface area (Å²) in [6, 6.07) is 0. The van der Waals surface area contributed by atoms with Crippen molar-refractivity contribution in [2.24, 2.45) is 0 Å². The number of rotatable bonds is 2. The molecule has 0 bridgehead atoms. The molecule has 0 amide bonds. The Kier molecular flexibility index (Phi) is 15.2. The van der Waals surface area contributed by atoms with Crippen LogP contribution in [0.1, 0.15) is 13.8 Å². The summed E-state index contributed by atoms with van der Waals surface area (Å²) >= 11 is 0. The second-order valence-electron chi connectivity index (χ2n) is 1.11. The Bertz CT molecular complexity index is 15.0. The third kappa shape index (κ3) is 8.83. The number of hydrogen-bond acceptors (Lipinski definition) is 0. The van der Waals surface area contributed by atoms with E-state index in [0.29, 0.717) is 0 Å². The van der Waals surface area contributed by atoms with Crippen LogP contribution < -0.4 is 0 Å². The van der Waals surface area contributed by atoms with E-state index < -0.39 is 0 Å². The van der Waals surface area contributed by atoms with Gasteiger partial charge in [0.15, 0.2) is 0 Å². The predicted octanol–water partition coefficient (Wildman–Crippen LogP) is 1.56. The van der Waals surface area contributed by atoms with Crippen LogP contribution in [0.4, 0.5) is 0 Å². The molecule has 35 valence electrons. The summed E-state index contributed by atoms with van der Waals surface area (Å²) in [7, 11) is 2.25. The molecule has 1 radical (unpaired) electrons. The molecule has 0 spiro atoms. The first-order chi connectivity index (χ1) is 2.41. The molecule has 0 aliphatic heterocycles. The minimum atomic E-state index is 0. The van der Waals surface area contributed by atoms with Crippen molar-refractivity contribution >= 4 is 7.28 Å². The second-order valence-corrected chi connectivity index (χ2v) is 1.11. The molecule has 0 saturated heterocycles. The first-order valence-corrected chi connectivity index (χ1v) is 2.23. The van der Waals surface area contributed by atoms with Crippen molar-refractivity contribution in [3.63, 3.8) is 0 Å². The molecule has 0 aromatic rings. The Morgan fingerprint density at radius 1 is 1.17 bits per heavy atom. The molecule has 0 atom stereocenters. The molecule has 0 rings (SSSR count). The molecule has 0 aromatic heterocycles. The van der Waals surface area contributed by atoms with Gasteiger partial charge in [-0.25, -0.2) is 0 Å². The molecular weight excluding hydrogens is 243 g/mol. The van der Waals surface area contributed by atoms with Gasteiger partial charge in [0.2, 0.25) is 0 Å². The Balaban J connectivity index is 0. The monoisotopic (exact) mass is 253 g/mol. The van der Waals surface area contributed by atoms with E-state index in [0.717, 1.165) is 0 Å². The molecule has 6 heavy (non-hydrogen) atoms. The summed E-state index contributed by atoms with van der Waals surface area (Å²) < 4.78 is 0. The van der Waals surface area contributed by atoms with Crippen LogP contribution in [0, 0.1) is 0 Å². The van der Waals surface area contributed by atoms with Crippen LogP contribution in [0.3, 0.4) is 0 Å². The average molecular weight is 253 g/mol. The fourth-order valence-corrected chi connectivity index (χ4v) is 0.289. The largest absolute Gasteiger partial charge is 0.108 e. The minimum absolute atomic E-state index is 0. The smallest absolute Gasteiger partial charge is 0.0831 e. The van der Waals surface area contributed by atoms with E-state index in [9.17, 15) is 0 Å². The van der Waals surface area contributed by atoms with Gasteiger partial charge in [0.05, 0.1) is 0 Å². The quantitative estimate of drug-likeness (QED) is 0.655. The first-order valence-electron chi connectivity index (χ1n) is 2.23. The molecule has 2 heteroatoms. The molecule has 0 unspecified atom stereocenters. The topological polar surface area (TPSA) is 0 Å². The van der Waals surface area contributed by atoms with Gasteiger partial charge in [-0.05, 0) is 0 Å². The fourth-order valence-electron chi connectivity index (χ4n) is 0.289. The number of hydrogen-bond donors (Lipinski definition) is 0. The zero-order valence-corrected chi connectivity index (χ0v) is 7.33. The van der Waals surface area contributed by atoms with Crippen LogP contribution in [0.25, 0.3) is 0 Å². The van der Waals surface area contributed by atoms with Crippen LogP contribution in [0.15, 0.2) is 0 Å².